The zero-order chi connectivity index (χ0) is 17.9. The van der Waals surface area contributed by atoms with Gasteiger partial charge in [-0.1, -0.05) is 60.7 Å². The molecule has 0 bridgehead atoms. The minimum Gasteiger partial charge on any atom is -0.291 e. The van der Waals surface area contributed by atoms with Crippen LogP contribution < -0.4 is 0 Å². The Bertz CT molecular complexity index is 766. The van der Waals surface area contributed by atoms with Crippen LogP contribution in [0.4, 0.5) is 0 Å². The van der Waals surface area contributed by atoms with Crippen LogP contribution in [0, 0.1) is 0 Å². The Balaban J connectivity index is 1.69. The Kier molecular flexibility index (Phi) is 5.57. The molecule has 0 amide bonds. The highest BCUT2D eigenvalue weighted by atomic mass is 32.2. The first kappa shape index (κ1) is 18.1. The second-order valence-corrected chi connectivity index (χ2v) is 8.88. The maximum absolute atomic E-state index is 12.8. The lowest BCUT2D eigenvalue weighted by atomic mass is 10.1. The minimum absolute atomic E-state index is 0.0754. The van der Waals surface area contributed by atoms with Crippen molar-refractivity contribution in [1.82, 2.24) is 9.21 Å². The van der Waals surface area contributed by atoms with E-state index in [9.17, 15) is 8.42 Å². The van der Waals surface area contributed by atoms with Crippen molar-refractivity contribution < 1.29 is 8.42 Å². The highest BCUT2D eigenvalue weighted by Gasteiger charge is 2.35. The molecular weight excluding hydrogens is 332 g/mol. The summed E-state index contributed by atoms with van der Waals surface area (Å²) >= 11 is 0. The summed E-state index contributed by atoms with van der Waals surface area (Å²) in [5.41, 5.74) is 2.11. The van der Waals surface area contributed by atoms with E-state index in [4.69, 9.17) is 0 Å². The zero-order valence-corrected chi connectivity index (χ0v) is 15.7. The molecule has 1 saturated heterocycles. The number of sulfonamides is 1. The third-order valence-electron chi connectivity index (χ3n) is 4.86. The van der Waals surface area contributed by atoms with Crippen molar-refractivity contribution >= 4 is 10.0 Å². The summed E-state index contributed by atoms with van der Waals surface area (Å²) in [6.07, 6.45) is 0. The number of hydrogen-bond donors (Lipinski definition) is 0. The summed E-state index contributed by atoms with van der Waals surface area (Å²) in [5.74, 6) is 0.0754. The lowest BCUT2D eigenvalue weighted by Crippen LogP contribution is -2.57. The van der Waals surface area contributed by atoms with Crippen LogP contribution in [0.5, 0.6) is 0 Å². The molecule has 0 aliphatic carbocycles. The molecule has 0 radical (unpaired) electrons. The van der Waals surface area contributed by atoms with Gasteiger partial charge in [0.15, 0.2) is 0 Å². The van der Waals surface area contributed by atoms with Gasteiger partial charge in [-0.2, -0.15) is 4.31 Å². The van der Waals surface area contributed by atoms with Crippen molar-refractivity contribution in [3.05, 3.63) is 71.8 Å². The molecular formula is C20H26N2O2S. The second-order valence-electron chi connectivity index (χ2n) is 6.91. The molecule has 3 rings (SSSR count). The normalized spacial score (nSPS) is 22.8. The lowest BCUT2D eigenvalue weighted by Gasteiger charge is -2.43. The quantitative estimate of drug-likeness (QED) is 0.825. The van der Waals surface area contributed by atoms with Gasteiger partial charge in [-0.05, 0) is 25.0 Å². The van der Waals surface area contributed by atoms with Crippen molar-refractivity contribution in [1.29, 1.82) is 0 Å². The van der Waals surface area contributed by atoms with Crippen LogP contribution in [-0.4, -0.2) is 42.8 Å². The Morgan fingerprint density at radius 2 is 1.32 bits per heavy atom. The topological polar surface area (TPSA) is 40.6 Å². The second kappa shape index (κ2) is 7.68. The summed E-state index contributed by atoms with van der Waals surface area (Å²) in [4.78, 5) is 2.39. The zero-order valence-electron chi connectivity index (χ0n) is 14.9. The predicted molar refractivity (Wildman–Crippen MR) is 102 cm³/mol. The molecule has 2 aromatic carbocycles. The highest BCUT2D eigenvalue weighted by molar-refractivity contribution is 7.88. The van der Waals surface area contributed by atoms with Gasteiger partial charge in [-0.15, -0.1) is 0 Å². The SMILES string of the molecule is CC1CN(S(=O)(=O)Cc2ccccc2)CC(C)N1Cc1ccccc1. The molecule has 1 aliphatic rings. The standard InChI is InChI=1S/C20H26N2O2S/c1-17-13-21(25(23,24)16-20-11-7-4-8-12-20)14-18(2)22(17)15-19-9-5-3-6-10-19/h3-12,17-18H,13-16H2,1-2H3. The Morgan fingerprint density at radius 3 is 1.84 bits per heavy atom. The number of hydrogen-bond acceptors (Lipinski definition) is 3. The average Bonchev–Trinajstić information content (AvgIpc) is 2.59. The van der Waals surface area contributed by atoms with E-state index in [1.807, 2.05) is 48.5 Å². The summed E-state index contributed by atoms with van der Waals surface area (Å²) in [5, 5.41) is 0. The molecule has 4 nitrogen and oxygen atoms in total. The highest BCUT2D eigenvalue weighted by Crippen LogP contribution is 2.22. The van der Waals surface area contributed by atoms with Gasteiger partial charge >= 0.3 is 0 Å². The molecule has 1 heterocycles. The fourth-order valence-electron chi connectivity index (χ4n) is 3.52. The van der Waals surface area contributed by atoms with Gasteiger partial charge in [0.25, 0.3) is 0 Å². The van der Waals surface area contributed by atoms with Gasteiger partial charge in [-0.25, -0.2) is 8.42 Å². The van der Waals surface area contributed by atoms with Crippen LogP contribution in [0.3, 0.4) is 0 Å². The molecule has 1 aliphatic heterocycles. The van der Waals surface area contributed by atoms with E-state index < -0.39 is 10.0 Å². The summed E-state index contributed by atoms with van der Waals surface area (Å²) in [7, 11) is -3.29. The Labute approximate surface area is 151 Å². The van der Waals surface area contributed by atoms with Crippen LogP contribution in [0.15, 0.2) is 60.7 Å². The van der Waals surface area contributed by atoms with E-state index in [1.54, 1.807) is 4.31 Å². The first-order valence-electron chi connectivity index (χ1n) is 8.77. The maximum Gasteiger partial charge on any atom is 0.218 e. The summed E-state index contributed by atoms with van der Waals surface area (Å²) in [6.45, 7) is 6.18. The van der Waals surface area contributed by atoms with Gasteiger partial charge in [0.2, 0.25) is 10.0 Å². The molecule has 2 atom stereocenters. The summed E-state index contributed by atoms with van der Waals surface area (Å²) in [6, 6.07) is 20.1. The van der Waals surface area contributed by atoms with Crippen molar-refractivity contribution in [3.8, 4) is 0 Å². The van der Waals surface area contributed by atoms with Crippen LogP contribution >= 0.6 is 0 Å². The van der Waals surface area contributed by atoms with E-state index in [1.165, 1.54) is 5.56 Å². The molecule has 1 fully saturated rings. The van der Waals surface area contributed by atoms with E-state index in [0.717, 1.165) is 12.1 Å². The Hall–Kier alpha value is -1.69. The fraction of sp³-hybridized carbons (Fsp3) is 0.400. The van der Waals surface area contributed by atoms with E-state index in [2.05, 4.69) is 30.9 Å². The van der Waals surface area contributed by atoms with Gasteiger partial charge in [0.1, 0.15) is 0 Å². The van der Waals surface area contributed by atoms with Gasteiger partial charge in [0, 0.05) is 31.7 Å². The molecule has 2 unspecified atom stereocenters. The molecule has 0 aromatic heterocycles. The van der Waals surface area contributed by atoms with Crippen LogP contribution in [-0.2, 0) is 22.3 Å². The lowest BCUT2D eigenvalue weighted by molar-refractivity contribution is 0.0698. The number of rotatable bonds is 5. The Morgan fingerprint density at radius 1 is 0.840 bits per heavy atom. The predicted octanol–water partition coefficient (Wildman–Crippen LogP) is 3.11. The van der Waals surface area contributed by atoms with Crippen molar-refractivity contribution in [2.24, 2.45) is 0 Å². The maximum atomic E-state index is 12.8. The van der Waals surface area contributed by atoms with Gasteiger partial charge in [-0.3, -0.25) is 4.90 Å². The molecule has 25 heavy (non-hydrogen) atoms. The number of piperazine rings is 1. The fourth-order valence-corrected chi connectivity index (χ4v) is 5.20. The molecule has 0 saturated carbocycles. The third-order valence-corrected chi connectivity index (χ3v) is 6.64. The van der Waals surface area contributed by atoms with Gasteiger partial charge in [0.05, 0.1) is 5.75 Å². The number of benzene rings is 2. The number of nitrogens with zero attached hydrogens (tertiary/aromatic N) is 2. The first-order valence-corrected chi connectivity index (χ1v) is 10.4. The molecule has 5 heteroatoms. The van der Waals surface area contributed by atoms with Crippen molar-refractivity contribution in [2.45, 2.75) is 38.2 Å². The first-order chi connectivity index (χ1) is 12.0. The van der Waals surface area contributed by atoms with Crippen LogP contribution in [0.2, 0.25) is 0 Å². The molecule has 2 aromatic rings. The van der Waals surface area contributed by atoms with E-state index >= 15 is 0 Å². The third kappa shape index (κ3) is 4.48. The smallest absolute Gasteiger partial charge is 0.218 e. The van der Waals surface area contributed by atoms with Crippen molar-refractivity contribution in [3.63, 3.8) is 0 Å². The van der Waals surface area contributed by atoms with Crippen molar-refractivity contribution in [2.75, 3.05) is 13.1 Å². The van der Waals surface area contributed by atoms with E-state index in [-0.39, 0.29) is 17.8 Å². The molecule has 134 valence electrons. The average molecular weight is 359 g/mol. The molecule has 0 spiro atoms. The van der Waals surface area contributed by atoms with Gasteiger partial charge < -0.3 is 0 Å². The summed E-state index contributed by atoms with van der Waals surface area (Å²) < 4.78 is 27.3. The minimum atomic E-state index is -3.29. The van der Waals surface area contributed by atoms with Crippen LogP contribution in [0.25, 0.3) is 0 Å². The van der Waals surface area contributed by atoms with Crippen LogP contribution in [0.1, 0.15) is 25.0 Å². The monoisotopic (exact) mass is 358 g/mol. The van der Waals surface area contributed by atoms with E-state index in [0.29, 0.717) is 13.1 Å². The molecule has 0 N–H and O–H groups in total. The largest absolute Gasteiger partial charge is 0.291 e.